The second kappa shape index (κ2) is 8.67. The number of hydrogen-bond donors (Lipinski definition) is 2. The Kier molecular flexibility index (Phi) is 5.73. The summed E-state index contributed by atoms with van der Waals surface area (Å²) in [5, 5.41) is 6.18. The molecule has 0 aromatic carbocycles. The van der Waals surface area contributed by atoms with E-state index in [-0.39, 0.29) is 29.8 Å². The molecular formula is C23H32N6O3. The van der Waals surface area contributed by atoms with Crippen LogP contribution >= 0.6 is 0 Å². The SMILES string of the molecule is O=C(NCCC(=O)N1CCN(C(=O)c2cnccn2)CC1)NC12CC3CC(CC(C3)C1)C2. The lowest BCUT2D eigenvalue weighted by molar-refractivity contribution is -0.132. The first-order valence-electron chi connectivity index (χ1n) is 11.9. The zero-order chi connectivity index (χ0) is 22.1. The first kappa shape index (κ1) is 21.2. The van der Waals surface area contributed by atoms with Gasteiger partial charge in [0.2, 0.25) is 5.91 Å². The van der Waals surface area contributed by atoms with Crippen molar-refractivity contribution in [3.05, 3.63) is 24.3 Å². The van der Waals surface area contributed by atoms with Crippen molar-refractivity contribution >= 4 is 17.8 Å². The van der Waals surface area contributed by atoms with Gasteiger partial charge in [-0.3, -0.25) is 14.6 Å². The topological polar surface area (TPSA) is 108 Å². The molecular weight excluding hydrogens is 408 g/mol. The van der Waals surface area contributed by atoms with Gasteiger partial charge >= 0.3 is 6.03 Å². The Bertz CT molecular complexity index is 832. The molecule has 0 atom stereocenters. The predicted octanol–water partition coefficient (Wildman–Crippen LogP) is 1.42. The van der Waals surface area contributed by atoms with Gasteiger partial charge in [0.1, 0.15) is 5.69 Å². The molecule has 32 heavy (non-hydrogen) atoms. The number of rotatable bonds is 5. The number of carbonyl (C=O) groups is 3. The van der Waals surface area contributed by atoms with E-state index >= 15 is 0 Å². The molecule has 1 aromatic heterocycles. The summed E-state index contributed by atoms with van der Waals surface area (Å²) in [7, 11) is 0. The van der Waals surface area contributed by atoms with E-state index in [1.807, 2.05) is 0 Å². The van der Waals surface area contributed by atoms with Crippen LogP contribution in [0.5, 0.6) is 0 Å². The highest BCUT2D eigenvalue weighted by Crippen LogP contribution is 2.55. The maximum Gasteiger partial charge on any atom is 0.315 e. The minimum absolute atomic E-state index is 0.00621. The Hall–Kier alpha value is -2.71. The molecule has 5 fully saturated rings. The normalized spacial score (nSPS) is 30.8. The van der Waals surface area contributed by atoms with Crippen LogP contribution in [0.1, 0.15) is 55.4 Å². The predicted molar refractivity (Wildman–Crippen MR) is 117 cm³/mol. The van der Waals surface area contributed by atoms with Gasteiger partial charge in [0, 0.05) is 57.1 Å². The van der Waals surface area contributed by atoms with Gasteiger partial charge in [0.15, 0.2) is 0 Å². The lowest BCUT2D eigenvalue weighted by Crippen LogP contribution is -2.61. The van der Waals surface area contributed by atoms with Crippen LogP contribution < -0.4 is 10.6 Å². The van der Waals surface area contributed by atoms with Crippen molar-refractivity contribution in [2.24, 2.45) is 17.8 Å². The number of nitrogens with zero attached hydrogens (tertiary/aromatic N) is 4. The summed E-state index contributed by atoms with van der Waals surface area (Å²) < 4.78 is 0. The van der Waals surface area contributed by atoms with Crippen molar-refractivity contribution in [2.45, 2.75) is 50.5 Å². The van der Waals surface area contributed by atoms with Crippen LogP contribution in [0.2, 0.25) is 0 Å². The standard InChI is InChI=1S/C23H32N6O3/c30-20(28-5-7-29(8-6-28)21(31)19-15-24-3-4-25-19)1-2-26-22(32)27-23-12-16-9-17(13-23)11-18(10-16)14-23/h3-4,15-18H,1-2,5-14H2,(H2,26,27,32). The number of urea groups is 1. The fourth-order valence-corrected chi connectivity index (χ4v) is 6.72. The average molecular weight is 441 g/mol. The lowest BCUT2D eigenvalue weighted by Gasteiger charge is -2.56. The fourth-order valence-electron chi connectivity index (χ4n) is 6.72. The van der Waals surface area contributed by atoms with E-state index in [2.05, 4.69) is 20.6 Å². The van der Waals surface area contributed by atoms with Crippen LogP contribution in [0, 0.1) is 17.8 Å². The number of nitrogens with one attached hydrogen (secondary N) is 2. The summed E-state index contributed by atoms with van der Waals surface area (Å²) >= 11 is 0. The molecule has 1 aliphatic heterocycles. The lowest BCUT2D eigenvalue weighted by atomic mass is 9.53. The van der Waals surface area contributed by atoms with Gasteiger partial charge in [-0.15, -0.1) is 0 Å². The molecule has 1 aromatic rings. The van der Waals surface area contributed by atoms with Crippen LogP contribution in [0.3, 0.4) is 0 Å². The number of aromatic nitrogens is 2. The highest BCUT2D eigenvalue weighted by atomic mass is 16.2. The smallest absolute Gasteiger partial charge is 0.315 e. The average Bonchev–Trinajstić information content (AvgIpc) is 2.78. The van der Waals surface area contributed by atoms with E-state index in [0.29, 0.717) is 38.4 Å². The summed E-state index contributed by atoms with van der Waals surface area (Å²) in [6, 6.07) is -0.140. The Morgan fingerprint density at radius 1 is 0.938 bits per heavy atom. The molecule has 172 valence electrons. The molecule has 2 N–H and O–H groups in total. The van der Waals surface area contributed by atoms with Gasteiger partial charge in [-0.05, 0) is 56.3 Å². The first-order chi connectivity index (χ1) is 15.5. The summed E-state index contributed by atoms with van der Waals surface area (Å²) in [5.74, 6) is 2.19. The van der Waals surface area contributed by atoms with E-state index in [1.54, 1.807) is 9.80 Å². The van der Waals surface area contributed by atoms with Gasteiger partial charge in [0.25, 0.3) is 5.91 Å². The Morgan fingerprint density at radius 2 is 1.56 bits per heavy atom. The monoisotopic (exact) mass is 440 g/mol. The third kappa shape index (κ3) is 4.42. The molecule has 4 bridgehead atoms. The van der Waals surface area contributed by atoms with Gasteiger partial charge in [-0.1, -0.05) is 0 Å². The van der Waals surface area contributed by atoms with Gasteiger partial charge < -0.3 is 20.4 Å². The van der Waals surface area contributed by atoms with E-state index in [9.17, 15) is 14.4 Å². The minimum Gasteiger partial charge on any atom is -0.339 e. The Balaban J connectivity index is 1.03. The van der Waals surface area contributed by atoms with Crippen LogP contribution in [0.25, 0.3) is 0 Å². The van der Waals surface area contributed by atoms with Crippen molar-refractivity contribution in [2.75, 3.05) is 32.7 Å². The minimum atomic E-state index is -0.159. The third-order valence-corrected chi connectivity index (χ3v) is 7.74. The zero-order valence-corrected chi connectivity index (χ0v) is 18.5. The Morgan fingerprint density at radius 3 is 2.16 bits per heavy atom. The van der Waals surface area contributed by atoms with Crippen LogP contribution in [-0.4, -0.2) is 75.9 Å². The largest absolute Gasteiger partial charge is 0.339 e. The molecule has 9 nitrogen and oxygen atoms in total. The van der Waals surface area contributed by atoms with Gasteiger partial charge in [-0.25, -0.2) is 9.78 Å². The van der Waals surface area contributed by atoms with Crippen molar-refractivity contribution in [1.82, 2.24) is 30.4 Å². The summed E-state index contributed by atoms with van der Waals surface area (Å²) in [6.45, 7) is 2.26. The van der Waals surface area contributed by atoms with E-state index < -0.39 is 0 Å². The summed E-state index contributed by atoms with van der Waals surface area (Å²) in [5.41, 5.74) is 0.302. The van der Waals surface area contributed by atoms with Crippen LogP contribution in [0.4, 0.5) is 4.79 Å². The summed E-state index contributed by atoms with van der Waals surface area (Å²) in [4.78, 5) is 49.0. The van der Waals surface area contributed by atoms with E-state index in [0.717, 1.165) is 37.0 Å². The van der Waals surface area contributed by atoms with E-state index in [4.69, 9.17) is 0 Å². The number of carbonyl (C=O) groups excluding carboxylic acids is 3. The number of amides is 4. The molecule has 9 heteroatoms. The van der Waals surface area contributed by atoms with Gasteiger partial charge in [0.05, 0.1) is 6.20 Å². The molecule has 0 unspecified atom stereocenters. The molecule has 0 radical (unpaired) electrons. The van der Waals surface area contributed by atoms with Crippen molar-refractivity contribution in [3.63, 3.8) is 0 Å². The van der Waals surface area contributed by atoms with Crippen LogP contribution in [-0.2, 0) is 4.79 Å². The molecule has 4 saturated carbocycles. The summed E-state index contributed by atoms with van der Waals surface area (Å²) in [6.07, 6.45) is 12.1. The molecule has 1 saturated heterocycles. The van der Waals surface area contributed by atoms with Crippen molar-refractivity contribution in [3.8, 4) is 0 Å². The maximum atomic E-state index is 12.6. The molecule has 4 aliphatic carbocycles. The van der Waals surface area contributed by atoms with Crippen molar-refractivity contribution in [1.29, 1.82) is 0 Å². The van der Waals surface area contributed by atoms with Crippen LogP contribution in [0.15, 0.2) is 18.6 Å². The number of hydrogen-bond acceptors (Lipinski definition) is 5. The molecule has 4 amide bonds. The molecule has 6 rings (SSSR count). The third-order valence-electron chi connectivity index (χ3n) is 7.74. The van der Waals surface area contributed by atoms with E-state index in [1.165, 1.54) is 37.9 Å². The zero-order valence-electron chi connectivity index (χ0n) is 18.5. The number of piperazine rings is 1. The maximum absolute atomic E-state index is 12.6. The fraction of sp³-hybridized carbons (Fsp3) is 0.696. The molecule has 5 aliphatic rings. The molecule has 0 spiro atoms. The second-order valence-electron chi connectivity index (χ2n) is 10.1. The van der Waals surface area contributed by atoms with Crippen molar-refractivity contribution < 1.29 is 14.4 Å². The first-order valence-corrected chi connectivity index (χ1v) is 11.9. The second-order valence-corrected chi connectivity index (χ2v) is 10.1. The highest BCUT2D eigenvalue weighted by molar-refractivity contribution is 5.92. The highest BCUT2D eigenvalue weighted by Gasteiger charge is 2.51. The quantitative estimate of drug-likeness (QED) is 0.720. The molecule has 2 heterocycles. The Labute approximate surface area is 188 Å². The van der Waals surface area contributed by atoms with Gasteiger partial charge in [-0.2, -0.15) is 0 Å².